The van der Waals surface area contributed by atoms with Gasteiger partial charge in [0.15, 0.2) is 0 Å². The molecule has 2 unspecified atom stereocenters. The van der Waals surface area contributed by atoms with E-state index < -0.39 is 0 Å². The highest BCUT2D eigenvalue weighted by Crippen LogP contribution is 2.23. The summed E-state index contributed by atoms with van der Waals surface area (Å²) in [6.45, 7) is 5.52. The number of thioether (sulfide) groups is 1. The molecular weight excluding hydrogens is 182 g/mol. The second-order valence-corrected chi connectivity index (χ2v) is 5.33. The summed E-state index contributed by atoms with van der Waals surface area (Å²) in [4.78, 5) is 0. The average molecular weight is 203 g/mol. The minimum Gasteiger partial charge on any atom is -0.394 e. The predicted octanol–water partition coefficient (Wildman–Crippen LogP) is 1.49. The van der Waals surface area contributed by atoms with Crippen molar-refractivity contribution in [1.29, 1.82) is 0 Å². The summed E-state index contributed by atoms with van der Waals surface area (Å²) < 4.78 is 0. The number of hydrogen-bond acceptors (Lipinski definition) is 3. The zero-order valence-electron chi connectivity index (χ0n) is 8.68. The van der Waals surface area contributed by atoms with Crippen LogP contribution in [0.3, 0.4) is 0 Å². The summed E-state index contributed by atoms with van der Waals surface area (Å²) >= 11 is 2.05. The fourth-order valence-corrected chi connectivity index (χ4v) is 2.71. The van der Waals surface area contributed by atoms with E-state index in [4.69, 9.17) is 0 Å². The van der Waals surface area contributed by atoms with Gasteiger partial charge in [-0.1, -0.05) is 6.92 Å². The molecule has 1 heterocycles. The van der Waals surface area contributed by atoms with Crippen molar-refractivity contribution in [1.82, 2.24) is 5.32 Å². The van der Waals surface area contributed by atoms with E-state index in [0.29, 0.717) is 0 Å². The monoisotopic (exact) mass is 203 g/mol. The van der Waals surface area contributed by atoms with Crippen LogP contribution in [0.2, 0.25) is 0 Å². The minimum atomic E-state index is -0.0622. The maximum atomic E-state index is 9.19. The van der Waals surface area contributed by atoms with Crippen molar-refractivity contribution in [2.24, 2.45) is 5.92 Å². The topological polar surface area (TPSA) is 32.3 Å². The molecule has 1 aliphatic rings. The molecule has 13 heavy (non-hydrogen) atoms. The number of nitrogens with one attached hydrogen (secondary N) is 1. The standard InChI is InChI=1S/C10H21NOS/c1-3-10(2,8-12)11-6-9-4-5-13-7-9/h9,11-12H,3-8H2,1-2H3. The van der Waals surface area contributed by atoms with E-state index in [9.17, 15) is 5.11 Å². The Morgan fingerprint density at radius 2 is 2.38 bits per heavy atom. The summed E-state index contributed by atoms with van der Waals surface area (Å²) in [5, 5.41) is 12.7. The van der Waals surface area contributed by atoms with Crippen LogP contribution in [0.4, 0.5) is 0 Å². The minimum absolute atomic E-state index is 0.0622. The zero-order valence-corrected chi connectivity index (χ0v) is 9.49. The lowest BCUT2D eigenvalue weighted by molar-refractivity contribution is 0.166. The molecule has 0 spiro atoms. The molecule has 2 N–H and O–H groups in total. The van der Waals surface area contributed by atoms with Gasteiger partial charge in [0, 0.05) is 5.54 Å². The normalized spacial score (nSPS) is 27.5. The molecule has 0 aromatic heterocycles. The lowest BCUT2D eigenvalue weighted by Gasteiger charge is -2.28. The van der Waals surface area contributed by atoms with E-state index in [-0.39, 0.29) is 12.1 Å². The molecule has 1 saturated heterocycles. The van der Waals surface area contributed by atoms with Crippen LogP contribution in [0.25, 0.3) is 0 Å². The molecule has 0 amide bonds. The molecule has 0 saturated carbocycles. The summed E-state index contributed by atoms with van der Waals surface area (Å²) in [5.74, 6) is 3.43. The van der Waals surface area contributed by atoms with Crippen LogP contribution in [-0.4, -0.2) is 35.3 Å². The van der Waals surface area contributed by atoms with E-state index in [1.165, 1.54) is 17.9 Å². The van der Waals surface area contributed by atoms with Crippen molar-refractivity contribution in [3.8, 4) is 0 Å². The number of rotatable bonds is 5. The molecule has 0 aliphatic carbocycles. The van der Waals surface area contributed by atoms with Gasteiger partial charge in [-0.2, -0.15) is 11.8 Å². The van der Waals surface area contributed by atoms with Crippen molar-refractivity contribution in [2.45, 2.75) is 32.2 Å². The number of aliphatic hydroxyl groups is 1. The second kappa shape index (κ2) is 5.23. The Bertz CT molecular complexity index is 142. The Labute approximate surface area is 85.5 Å². The van der Waals surface area contributed by atoms with E-state index in [0.717, 1.165) is 18.9 Å². The molecule has 78 valence electrons. The molecule has 0 bridgehead atoms. The Balaban J connectivity index is 2.22. The van der Waals surface area contributed by atoms with Crippen molar-refractivity contribution in [2.75, 3.05) is 24.7 Å². The van der Waals surface area contributed by atoms with Crippen LogP contribution < -0.4 is 5.32 Å². The Kier molecular flexibility index (Phi) is 4.56. The first kappa shape index (κ1) is 11.3. The van der Waals surface area contributed by atoms with Gasteiger partial charge in [0.2, 0.25) is 0 Å². The summed E-state index contributed by atoms with van der Waals surface area (Å²) in [7, 11) is 0. The van der Waals surface area contributed by atoms with Crippen molar-refractivity contribution >= 4 is 11.8 Å². The quantitative estimate of drug-likeness (QED) is 0.710. The second-order valence-electron chi connectivity index (χ2n) is 4.18. The molecule has 0 aromatic rings. The highest BCUT2D eigenvalue weighted by molar-refractivity contribution is 7.99. The highest BCUT2D eigenvalue weighted by Gasteiger charge is 2.23. The molecule has 1 aliphatic heterocycles. The van der Waals surface area contributed by atoms with Gasteiger partial charge in [0.1, 0.15) is 0 Å². The molecule has 2 nitrogen and oxygen atoms in total. The lowest BCUT2D eigenvalue weighted by Crippen LogP contribution is -2.47. The van der Waals surface area contributed by atoms with Crippen LogP contribution >= 0.6 is 11.8 Å². The molecule has 1 rings (SSSR count). The maximum Gasteiger partial charge on any atom is 0.0610 e. The van der Waals surface area contributed by atoms with Crippen LogP contribution in [0, 0.1) is 5.92 Å². The molecule has 1 fully saturated rings. The average Bonchev–Trinajstić information content (AvgIpc) is 2.67. The third-order valence-corrected chi connectivity index (χ3v) is 4.20. The summed E-state index contributed by atoms with van der Waals surface area (Å²) in [5.41, 5.74) is -0.0622. The van der Waals surface area contributed by atoms with Crippen LogP contribution in [0.5, 0.6) is 0 Å². The van der Waals surface area contributed by atoms with Gasteiger partial charge < -0.3 is 10.4 Å². The third-order valence-electron chi connectivity index (χ3n) is 2.97. The Morgan fingerprint density at radius 3 is 2.85 bits per heavy atom. The fraction of sp³-hybridized carbons (Fsp3) is 1.00. The largest absolute Gasteiger partial charge is 0.394 e. The van der Waals surface area contributed by atoms with Gasteiger partial charge >= 0.3 is 0 Å². The van der Waals surface area contributed by atoms with E-state index in [2.05, 4.69) is 19.2 Å². The van der Waals surface area contributed by atoms with Crippen molar-refractivity contribution in [3.63, 3.8) is 0 Å². The van der Waals surface area contributed by atoms with Crippen molar-refractivity contribution in [3.05, 3.63) is 0 Å². The van der Waals surface area contributed by atoms with Crippen LogP contribution in [-0.2, 0) is 0 Å². The first-order valence-electron chi connectivity index (χ1n) is 5.14. The first-order chi connectivity index (χ1) is 6.20. The smallest absolute Gasteiger partial charge is 0.0610 e. The Morgan fingerprint density at radius 1 is 1.62 bits per heavy atom. The summed E-state index contributed by atoms with van der Waals surface area (Å²) in [6, 6.07) is 0. The fourth-order valence-electron chi connectivity index (χ4n) is 1.43. The summed E-state index contributed by atoms with van der Waals surface area (Å²) in [6.07, 6.45) is 2.33. The van der Waals surface area contributed by atoms with Gasteiger partial charge in [-0.3, -0.25) is 0 Å². The van der Waals surface area contributed by atoms with Gasteiger partial charge in [0.25, 0.3) is 0 Å². The van der Waals surface area contributed by atoms with Gasteiger partial charge in [0.05, 0.1) is 6.61 Å². The van der Waals surface area contributed by atoms with E-state index >= 15 is 0 Å². The molecule has 0 aromatic carbocycles. The van der Waals surface area contributed by atoms with Crippen molar-refractivity contribution < 1.29 is 5.11 Å². The molecule has 0 radical (unpaired) electrons. The predicted molar refractivity (Wildman–Crippen MR) is 59.2 cm³/mol. The van der Waals surface area contributed by atoms with E-state index in [1.807, 2.05) is 11.8 Å². The number of aliphatic hydroxyl groups excluding tert-OH is 1. The molecule has 2 atom stereocenters. The first-order valence-corrected chi connectivity index (χ1v) is 6.29. The molecule has 3 heteroatoms. The van der Waals surface area contributed by atoms with Crippen LogP contribution in [0.15, 0.2) is 0 Å². The number of hydrogen-bond donors (Lipinski definition) is 2. The highest BCUT2D eigenvalue weighted by atomic mass is 32.2. The van der Waals surface area contributed by atoms with Gasteiger partial charge in [-0.15, -0.1) is 0 Å². The van der Waals surface area contributed by atoms with E-state index in [1.54, 1.807) is 0 Å². The third kappa shape index (κ3) is 3.49. The van der Waals surface area contributed by atoms with Gasteiger partial charge in [-0.25, -0.2) is 0 Å². The Hall–Kier alpha value is 0.270. The van der Waals surface area contributed by atoms with Crippen LogP contribution in [0.1, 0.15) is 26.7 Å². The van der Waals surface area contributed by atoms with Gasteiger partial charge in [-0.05, 0) is 43.7 Å². The maximum absolute atomic E-state index is 9.19. The lowest BCUT2D eigenvalue weighted by atomic mass is 9.98. The SMILES string of the molecule is CCC(C)(CO)NCC1CCSC1. The molecular formula is C10H21NOS. The zero-order chi connectivity index (χ0) is 9.73.